The molecule has 1 aromatic carbocycles. The summed E-state index contributed by atoms with van der Waals surface area (Å²) in [6.07, 6.45) is 0. The molecule has 10 heavy (non-hydrogen) atoms. The van der Waals surface area contributed by atoms with Gasteiger partial charge >= 0.3 is 23.1 Å². The van der Waals surface area contributed by atoms with Gasteiger partial charge in [0.25, 0.3) is 0 Å². The Bertz CT molecular complexity index is 237. The second-order valence-electron chi connectivity index (χ2n) is 1.56. The largest absolute Gasteiger partial charge is 2.00 e. The number of hydrogen-bond donors (Lipinski definition) is 0. The van der Waals surface area contributed by atoms with Crippen LogP contribution in [0.4, 0.5) is 4.39 Å². The van der Waals surface area contributed by atoms with Gasteiger partial charge in [-0.25, -0.2) is 4.39 Å². The van der Waals surface area contributed by atoms with E-state index in [9.17, 15) is 4.39 Å². The molecule has 1 aromatic rings. The van der Waals surface area contributed by atoms with E-state index in [2.05, 4.69) is 15.9 Å². The molecule has 0 amide bonds. The molecule has 0 fully saturated rings. The van der Waals surface area contributed by atoms with Gasteiger partial charge in [-0.3, -0.25) is 0 Å². The van der Waals surface area contributed by atoms with Crippen molar-refractivity contribution in [2.24, 2.45) is 0 Å². The first kappa shape index (κ1) is 10.7. The summed E-state index contributed by atoms with van der Waals surface area (Å²) in [5.74, 6) is -0.389. The molecule has 0 aliphatic rings. The van der Waals surface area contributed by atoms with Crippen molar-refractivity contribution in [3.8, 4) is 0 Å². The standard InChI is InChI=1S/C6H3BrClF.Mg.2H/c7-4-1-2-6(9)5(8)3-4;;;/h1-3H;;;/q;+2;2*-1. The molecule has 0 aliphatic heterocycles. The van der Waals surface area contributed by atoms with Crippen LogP contribution in [-0.4, -0.2) is 23.1 Å². The molecule has 0 saturated carbocycles. The Morgan fingerprint density at radius 1 is 1.50 bits per heavy atom. The molecular weight excluding hydrogens is 231 g/mol. The van der Waals surface area contributed by atoms with E-state index in [1.807, 2.05) is 0 Å². The van der Waals surface area contributed by atoms with E-state index in [1.54, 1.807) is 6.07 Å². The van der Waals surface area contributed by atoms with Crippen LogP contribution in [0.5, 0.6) is 0 Å². The summed E-state index contributed by atoms with van der Waals surface area (Å²) >= 11 is 8.55. The second-order valence-corrected chi connectivity index (χ2v) is 2.88. The first-order valence-corrected chi connectivity index (χ1v) is 3.48. The van der Waals surface area contributed by atoms with E-state index in [1.165, 1.54) is 12.1 Å². The first-order chi connectivity index (χ1) is 4.20. The molecule has 52 valence electrons. The van der Waals surface area contributed by atoms with Gasteiger partial charge in [-0.05, 0) is 18.2 Å². The van der Waals surface area contributed by atoms with Crippen molar-refractivity contribution in [3.05, 3.63) is 33.5 Å². The zero-order valence-corrected chi connectivity index (χ0v) is 8.83. The van der Waals surface area contributed by atoms with Gasteiger partial charge < -0.3 is 2.85 Å². The Balaban J connectivity index is -0.000000270. The molecule has 0 heterocycles. The van der Waals surface area contributed by atoms with Crippen LogP contribution in [-0.2, 0) is 0 Å². The minimum absolute atomic E-state index is 0. The Hall–Kier alpha value is 0.686. The third kappa shape index (κ3) is 2.74. The van der Waals surface area contributed by atoms with Gasteiger partial charge in [0.2, 0.25) is 0 Å². The molecule has 0 aromatic heterocycles. The molecule has 4 heteroatoms. The molecular formula is C6H5BrClFMg. The Labute approximate surface area is 91.0 Å². The molecule has 0 bridgehead atoms. The Morgan fingerprint density at radius 2 is 2.10 bits per heavy atom. The zero-order valence-electron chi connectivity index (χ0n) is 7.07. The number of benzene rings is 1. The van der Waals surface area contributed by atoms with E-state index in [4.69, 9.17) is 11.6 Å². The molecule has 0 radical (unpaired) electrons. The van der Waals surface area contributed by atoms with Crippen LogP contribution in [0.2, 0.25) is 5.02 Å². The number of hydrogen-bond acceptors (Lipinski definition) is 0. The average molecular weight is 236 g/mol. The molecule has 0 spiro atoms. The maximum atomic E-state index is 12.3. The van der Waals surface area contributed by atoms with E-state index in [0.29, 0.717) is 0 Å². The van der Waals surface area contributed by atoms with Crippen molar-refractivity contribution in [3.63, 3.8) is 0 Å². The normalized spacial score (nSPS) is 8.70. The van der Waals surface area contributed by atoms with Crippen LogP contribution in [0.1, 0.15) is 2.85 Å². The fourth-order valence-corrected chi connectivity index (χ4v) is 1.14. The van der Waals surface area contributed by atoms with Gasteiger partial charge in [0.1, 0.15) is 5.82 Å². The van der Waals surface area contributed by atoms with Gasteiger partial charge in [-0.1, -0.05) is 27.5 Å². The summed E-state index contributed by atoms with van der Waals surface area (Å²) in [5, 5.41) is 0.143. The molecule has 0 N–H and O–H groups in total. The van der Waals surface area contributed by atoms with Crippen LogP contribution in [0.25, 0.3) is 0 Å². The quantitative estimate of drug-likeness (QED) is 0.479. The van der Waals surface area contributed by atoms with Crippen molar-refractivity contribution in [1.29, 1.82) is 0 Å². The predicted molar refractivity (Wildman–Crippen MR) is 47.1 cm³/mol. The maximum absolute atomic E-state index is 12.3. The molecule has 0 unspecified atom stereocenters. The average Bonchev–Trinajstić information content (AvgIpc) is 1.80. The first-order valence-electron chi connectivity index (χ1n) is 2.30. The fraction of sp³-hybridized carbons (Fsp3) is 0. The van der Waals surface area contributed by atoms with E-state index >= 15 is 0 Å². The van der Waals surface area contributed by atoms with E-state index < -0.39 is 0 Å². The Morgan fingerprint density at radius 3 is 2.50 bits per heavy atom. The SMILES string of the molecule is Fc1ccc(Br)cc1Cl.[H-].[H-].[Mg+2]. The monoisotopic (exact) mass is 234 g/mol. The fourth-order valence-electron chi connectivity index (χ4n) is 0.470. The van der Waals surface area contributed by atoms with Gasteiger partial charge in [-0.15, -0.1) is 0 Å². The van der Waals surface area contributed by atoms with Crippen LogP contribution in [0.15, 0.2) is 22.7 Å². The topological polar surface area (TPSA) is 0 Å². The second kappa shape index (κ2) is 4.54. The third-order valence-corrected chi connectivity index (χ3v) is 1.66. The molecule has 0 aliphatic carbocycles. The molecule has 0 nitrogen and oxygen atoms in total. The van der Waals surface area contributed by atoms with Crippen molar-refractivity contribution in [2.75, 3.05) is 0 Å². The summed E-state index contributed by atoms with van der Waals surface area (Å²) in [6.45, 7) is 0. The predicted octanol–water partition coefficient (Wildman–Crippen LogP) is 3.09. The third-order valence-electron chi connectivity index (χ3n) is 0.882. The van der Waals surface area contributed by atoms with E-state index in [-0.39, 0.29) is 36.7 Å². The maximum Gasteiger partial charge on any atom is 2.00 e. The Kier molecular flexibility index (Phi) is 4.85. The summed E-state index contributed by atoms with van der Waals surface area (Å²) < 4.78 is 13.1. The van der Waals surface area contributed by atoms with E-state index in [0.717, 1.165) is 4.47 Å². The summed E-state index contributed by atoms with van der Waals surface area (Å²) in [6, 6.07) is 4.42. The smallest absolute Gasteiger partial charge is 1.00 e. The van der Waals surface area contributed by atoms with Crippen LogP contribution in [0, 0.1) is 5.82 Å². The van der Waals surface area contributed by atoms with Crippen LogP contribution < -0.4 is 0 Å². The number of halogens is 3. The van der Waals surface area contributed by atoms with Gasteiger partial charge in [0.15, 0.2) is 0 Å². The zero-order chi connectivity index (χ0) is 6.85. The van der Waals surface area contributed by atoms with Gasteiger partial charge in [0, 0.05) is 4.47 Å². The summed E-state index contributed by atoms with van der Waals surface area (Å²) in [4.78, 5) is 0. The molecule has 0 atom stereocenters. The molecule has 1 rings (SSSR count). The van der Waals surface area contributed by atoms with Gasteiger partial charge in [-0.2, -0.15) is 0 Å². The van der Waals surface area contributed by atoms with Gasteiger partial charge in [0.05, 0.1) is 5.02 Å². The summed E-state index contributed by atoms with van der Waals surface area (Å²) in [5.41, 5.74) is 0. The van der Waals surface area contributed by atoms with Crippen molar-refractivity contribution in [1.82, 2.24) is 0 Å². The van der Waals surface area contributed by atoms with Crippen molar-refractivity contribution < 1.29 is 7.24 Å². The minimum Gasteiger partial charge on any atom is -1.00 e. The number of rotatable bonds is 0. The molecule has 0 saturated heterocycles. The summed E-state index contributed by atoms with van der Waals surface area (Å²) in [7, 11) is 0. The van der Waals surface area contributed by atoms with Crippen LogP contribution >= 0.6 is 27.5 Å². The minimum atomic E-state index is -0.389. The van der Waals surface area contributed by atoms with Crippen LogP contribution in [0.3, 0.4) is 0 Å². The van der Waals surface area contributed by atoms with Crippen molar-refractivity contribution in [2.45, 2.75) is 0 Å². The van der Waals surface area contributed by atoms with Crippen molar-refractivity contribution >= 4 is 50.6 Å².